The molecule has 7 heteroatoms. The van der Waals surface area contributed by atoms with Crippen LogP contribution in [0.15, 0.2) is 57.4 Å². The molecule has 0 saturated carbocycles. The summed E-state index contributed by atoms with van der Waals surface area (Å²) in [5.41, 5.74) is 1.00. The molecule has 0 aliphatic heterocycles. The van der Waals surface area contributed by atoms with Crippen molar-refractivity contribution in [2.45, 2.75) is 13.0 Å². The molecule has 3 rings (SSSR count). The van der Waals surface area contributed by atoms with E-state index in [1.165, 1.54) is 24.3 Å². The Bertz CT molecular complexity index is 847. The molecule has 3 aromatic rings. The molecule has 0 bridgehead atoms. The van der Waals surface area contributed by atoms with Crippen LogP contribution in [0.1, 0.15) is 29.3 Å². The highest BCUT2D eigenvalue weighted by molar-refractivity contribution is 9.10. The van der Waals surface area contributed by atoms with Gasteiger partial charge in [0.2, 0.25) is 5.89 Å². The van der Waals surface area contributed by atoms with Crippen molar-refractivity contribution in [3.05, 3.63) is 70.3 Å². The monoisotopic (exact) mass is 390 g/mol. The minimum atomic E-state index is -0.706. The molecule has 0 N–H and O–H groups in total. The highest BCUT2D eigenvalue weighted by Crippen LogP contribution is 2.23. The van der Waals surface area contributed by atoms with Gasteiger partial charge in [-0.2, -0.15) is 0 Å². The Morgan fingerprint density at radius 1 is 1.12 bits per heavy atom. The summed E-state index contributed by atoms with van der Waals surface area (Å²) in [7, 11) is 0. The Labute approximate surface area is 145 Å². The lowest BCUT2D eigenvalue weighted by molar-refractivity contribution is 0.0280. The molecule has 0 fully saturated rings. The summed E-state index contributed by atoms with van der Waals surface area (Å²) in [4.78, 5) is 12.1. The van der Waals surface area contributed by atoms with E-state index in [2.05, 4.69) is 26.1 Å². The Balaban J connectivity index is 1.71. The summed E-state index contributed by atoms with van der Waals surface area (Å²) >= 11 is 3.30. The normalized spacial score (nSPS) is 12.0. The van der Waals surface area contributed by atoms with Crippen LogP contribution in [-0.2, 0) is 4.74 Å². The van der Waals surface area contributed by atoms with Crippen LogP contribution in [0.2, 0.25) is 0 Å². The molecule has 24 heavy (non-hydrogen) atoms. The molecule has 0 unspecified atom stereocenters. The number of halogens is 2. The van der Waals surface area contributed by atoms with Crippen molar-refractivity contribution in [3.63, 3.8) is 0 Å². The third-order valence-electron chi connectivity index (χ3n) is 3.24. The van der Waals surface area contributed by atoms with Gasteiger partial charge in [0, 0.05) is 10.0 Å². The summed E-state index contributed by atoms with van der Waals surface area (Å²) in [6, 6.07) is 12.5. The van der Waals surface area contributed by atoms with Crippen LogP contribution in [0.5, 0.6) is 0 Å². The highest BCUT2D eigenvalue weighted by atomic mass is 79.9. The second-order valence-electron chi connectivity index (χ2n) is 5.01. The third-order valence-corrected chi connectivity index (χ3v) is 3.77. The first kappa shape index (κ1) is 16.3. The Hall–Kier alpha value is -2.54. The van der Waals surface area contributed by atoms with E-state index < -0.39 is 12.1 Å². The molecule has 5 nitrogen and oxygen atoms in total. The highest BCUT2D eigenvalue weighted by Gasteiger charge is 2.20. The smallest absolute Gasteiger partial charge is 0.338 e. The van der Waals surface area contributed by atoms with E-state index in [1.807, 2.05) is 0 Å². The largest absolute Gasteiger partial charge is 0.449 e. The van der Waals surface area contributed by atoms with Gasteiger partial charge in [-0.25, -0.2) is 9.18 Å². The number of benzene rings is 2. The van der Waals surface area contributed by atoms with Crippen molar-refractivity contribution < 1.29 is 18.3 Å². The van der Waals surface area contributed by atoms with Gasteiger partial charge in [-0.3, -0.25) is 0 Å². The first-order chi connectivity index (χ1) is 11.5. The van der Waals surface area contributed by atoms with Crippen molar-refractivity contribution in [1.29, 1.82) is 0 Å². The van der Waals surface area contributed by atoms with Gasteiger partial charge in [0.25, 0.3) is 5.89 Å². The summed E-state index contributed by atoms with van der Waals surface area (Å²) in [5.74, 6) is -0.442. The number of hydrogen-bond donors (Lipinski definition) is 0. The lowest BCUT2D eigenvalue weighted by Crippen LogP contribution is -2.09. The molecule has 1 atom stereocenters. The van der Waals surface area contributed by atoms with Crippen molar-refractivity contribution >= 4 is 21.9 Å². The second-order valence-corrected chi connectivity index (χ2v) is 5.92. The molecular weight excluding hydrogens is 379 g/mol. The number of carbonyl (C=O) groups excluding carboxylic acids is 1. The molecule has 2 aromatic carbocycles. The minimum absolute atomic E-state index is 0.166. The zero-order valence-corrected chi connectivity index (χ0v) is 14.2. The lowest BCUT2D eigenvalue weighted by Gasteiger charge is -2.09. The molecule has 0 radical (unpaired) electrons. The zero-order valence-electron chi connectivity index (χ0n) is 12.6. The number of esters is 1. The van der Waals surface area contributed by atoms with Crippen LogP contribution >= 0.6 is 15.9 Å². The fourth-order valence-electron chi connectivity index (χ4n) is 1.97. The average Bonchev–Trinajstić information content (AvgIpc) is 3.06. The Morgan fingerprint density at radius 3 is 2.46 bits per heavy atom. The summed E-state index contributed by atoms with van der Waals surface area (Å²) in [5, 5.41) is 7.77. The molecular formula is C17H12BrFN2O3. The topological polar surface area (TPSA) is 65.2 Å². The molecule has 0 aliphatic rings. The number of aromatic nitrogens is 2. The number of carbonyl (C=O) groups is 1. The number of rotatable bonds is 4. The number of nitrogens with zero attached hydrogens (tertiary/aromatic N) is 2. The van der Waals surface area contributed by atoms with Crippen molar-refractivity contribution in [3.8, 4) is 11.5 Å². The van der Waals surface area contributed by atoms with Gasteiger partial charge in [0.1, 0.15) is 5.82 Å². The fraction of sp³-hybridized carbons (Fsp3) is 0.118. The SMILES string of the molecule is C[C@H](OC(=O)c1ccc(Br)cc1)c1nnc(-c2ccc(F)cc2)o1. The predicted molar refractivity (Wildman–Crippen MR) is 87.7 cm³/mol. The lowest BCUT2D eigenvalue weighted by atomic mass is 10.2. The van der Waals surface area contributed by atoms with Crippen LogP contribution in [-0.4, -0.2) is 16.2 Å². The Morgan fingerprint density at radius 2 is 1.79 bits per heavy atom. The van der Waals surface area contributed by atoms with Crippen molar-refractivity contribution in [1.82, 2.24) is 10.2 Å². The maximum atomic E-state index is 12.9. The van der Waals surface area contributed by atoms with Crippen LogP contribution in [0.25, 0.3) is 11.5 Å². The van der Waals surface area contributed by atoms with Gasteiger partial charge in [0.15, 0.2) is 6.10 Å². The van der Waals surface area contributed by atoms with Crippen LogP contribution < -0.4 is 0 Å². The maximum Gasteiger partial charge on any atom is 0.338 e. The minimum Gasteiger partial charge on any atom is -0.449 e. The molecule has 0 aliphatic carbocycles. The standard InChI is InChI=1S/C17H12BrFN2O3/c1-10(23-17(22)12-2-6-13(18)7-3-12)15-20-21-16(24-15)11-4-8-14(19)9-5-11/h2-10H,1H3/t10-/m0/s1. The maximum absolute atomic E-state index is 12.9. The van der Waals surface area contributed by atoms with Gasteiger partial charge in [-0.05, 0) is 55.5 Å². The van der Waals surface area contributed by atoms with Gasteiger partial charge in [-0.15, -0.1) is 10.2 Å². The van der Waals surface area contributed by atoms with Crippen molar-refractivity contribution in [2.24, 2.45) is 0 Å². The van der Waals surface area contributed by atoms with Crippen LogP contribution in [0.4, 0.5) is 4.39 Å². The van der Waals surface area contributed by atoms with Gasteiger partial charge in [-0.1, -0.05) is 15.9 Å². The van der Waals surface area contributed by atoms with Gasteiger partial charge < -0.3 is 9.15 Å². The summed E-state index contributed by atoms with van der Waals surface area (Å²) in [6.45, 7) is 1.64. The Kier molecular flexibility index (Phi) is 4.71. The molecule has 1 heterocycles. The van der Waals surface area contributed by atoms with E-state index in [0.717, 1.165) is 4.47 Å². The van der Waals surface area contributed by atoms with E-state index in [-0.39, 0.29) is 17.6 Å². The van der Waals surface area contributed by atoms with E-state index in [1.54, 1.807) is 31.2 Å². The fourth-order valence-corrected chi connectivity index (χ4v) is 2.24. The molecule has 122 valence electrons. The second kappa shape index (κ2) is 6.92. The molecule has 0 amide bonds. The molecule has 0 spiro atoms. The zero-order chi connectivity index (χ0) is 17.1. The van der Waals surface area contributed by atoms with Crippen LogP contribution in [0, 0.1) is 5.82 Å². The quantitative estimate of drug-likeness (QED) is 0.611. The first-order valence-corrected chi connectivity index (χ1v) is 7.88. The van der Waals surface area contributed by atoms with Crippen LogP contribution in [0.3, 0.4) is 0 Å². The van der Waals surface area contributed by atoms with E-state index in [9.17, 15) is 9.18 Å². The average molecular weight is 391 g/mol. The summed E-state index contributed by atoms with van der Waals surface area (Å²) in [6.07, 6.45) is -0.706. The first-order valence-electron chi connectivity index (χ1n) is 7.09. The number of hydrogen-bond acceptors (Lipinski definition) is 5. The van der Waals surface area contributed by atoms with E-state index in [0.29, 0.717) is 11.1 Å². The molecule has 0 saturated heterocycles. The molecule has 1 aromatic heterocycles. The summed E-state index contributed by atoms with van der Waals surface area (Å²) < 4.78 is 24.6. The number of ether oxygens (including phenoxy) is 1. The van der Waals surface area contributed by atoms with E-state index >= 15 is 0 Å². The third kappa shape index (κ3) is 3.68. The van der Waals surface area contributed by atoms with Gasteiger partial charge >= 0.3 is 5.97 Å². The predicted octanol–water partition coefficient (Wildman–Crippen LogP) is 4.56. The van der Waals surface area contributed by atoms with Crippen molar-refractivity contribution in [2.75, 3.05) is 0 Å². The van der Waals surface area contributed by atoms with E-state index in [4.69, 9.17) is 9.15 Å². The van der Waals surface area contributed by atoms with Gasteiger partial charge in [0.05, 0.1) is 5.56 Å².